The normalized spacial score (nSPS) is 22.1. The molecular formula is C30H43N5O4S. The van der Waals surface area contributed by atoms with E-state index in [9.17, 15) is 19.5 Å². The third-order valence-corrected chi connectivity index (χ3v) is 9.11. The average Bonchev–Trinajstić information content (AvgIpc) is 3.52. The largest absolute Gasteiger partial charge is 0.391 e. The standard InChI is InChI=1S/C30H43N5O4S/c1-18(20-7-9-21(10-8-20)25-19(2)31-17-40-25)32-28(38)24-15-23(36)16-35(24)29(39)26(30(3,4)5)33-27(37)22-11-13-34(6)14-12-22/h7-10,17-18,22-24,26,36H,11-16H2,1-6H3,(H,32,38)(H,33,37)/t18-,23+,24-,26+/m0/s1. The van der Waals surface area contributed by atoms with Crippen molar-refractivity contribution in [3.63, 3.8) is 0 Å². The molecule has 0 saturated carbocycles. The average molecular weight is 570 g/mol. The minimum absolute atomic E-state index is 0.0604. The lowest BCUT2D eigenvalue weighted by Crippen LogP contribution is -2.58. The van der Waals surface area contributed by atoms with Gasteiger partial charge in [0.2, 0.25) is 17.7 Å². The predicted octanol–water partition coefficient (Wildman–Crippen LogP) is 3.13. The summed E-state index contributed by atoms with van der Waals surface area (Å²) in [6.45, 7) is 11.4. The van der Waals surface area contributed by atoms with Crippen LogP contribution >= 0.6 is 11.3 Å². The second kappa shape index (κ2) is 12.4. The van der Waals surface area contributed by atoms with E-state index < -0.39 is 23.6 Å². The van der Waals surface area contributed by atoms with Crippen molar-refractivity contribution in [2.45, 2.75) is 78.1 Å². The molecule has 4 atom stereocenters. The quantitative estimate of drug-likeness (QED) is 0.472. The summed E-state index contributed by atoms with van der Waals surface area (Å²) < 4.78 is 0. The second-order valence-corrected chi connectivity index (χ2v) is 13.3. The number of amides is 3. The zero-order chi connectivity index (χ0) is 29.2. The zero-order valence-corrected chi connectivity index (χ0v) is 25.3. The molecule has 3 amide bonds. The van der Waals surface area contributed by atoms with Crippen LogP contribution in [0.25, 0.3) is 10.4 Å². The first-order valence-electron chi connectivity index (χ1n) is 14.1. The van der Waals surface area contributed by atoms with Crippen molar-refractivity contribution in [1.29, 1.82) is 0 Å². The molecule has 0 radical (unpaired) electrons. The Labute approximate surface area is 241 Å². The van der Waals surface area contributed by atoms with Gasteiger partial charge in [-0.2, -0.15) is 0 Å². The smallest absolute Gasteiger partial charge is 0.246 e. The fourth-order valence-corrected chi connectivity index (χ4v) is 6.36. The van der Waals surface area contributed by atoms with Gasteiger partial charge < -0.3 is 25.5 Å². The third-order valence-electron chi connectivity index (χ3n) is 8.13. The lowest BCUT2D eigenvalue weighted by Gasteiger charge is -2.37. The molecule has 2 saturated heterocycles. The van der Waals surface area contributed by atoms with Gasteiger partial charge in [-0.15, -0.1) is 11.3 Å². The summed E-state index contributed by atoms with van der Waals surface area (Å²) in [5, 5.41) is 16.5. The van der Waals surface area contributed by atoms with E-state index >= 15 is 0 Å². The number of aliphatic hydroxyl groups excluding tert-OH is 1. The minimum Gasteiger partial charge on any atom is -0.391 e. The highest BCUT2D eigenvalue weighted by atomic mass is 32.1. The summed E-state index contributed by atoms with van der Waals surface area (Å²) in [5.41, 5.74) is 4.26. The van der Waals surface area contributed by atoms with Crippen molar-refractivity contribution >= 4 is 29.1 Å². The molecule has 0 aliphatic carbocycles. The summed E-state index contributed by atoms with van der Waals surface area (Å²) in [6, 6.07) is 6.11. The van der Waals surface area contributed by atoms with E-state index in [1.54, 1.807) is 11.3 Å². The molecule has 0 unspecified atom stereocenters. The lowest BCUT2D eigenvalue weighted by molar-refractivity contribution is -0.145. The summed E-state index contributed by atoms with van der Waals surface area (Å²) in [7, 11) is 2.04. The Bertz CT molecular complexity index is 1200. The molecule has 4 rings (SSSR count). The van der Waals surface area contributed by atoms with E-state index in [4.69, 9.17) is 0 Å². The summed E-state index contributed by atoms with van der Waals surface area (Å²) in [4.78, 5) is 49.5. The van der Waals surface area contributed by atoms with Crippen molar-refractivity contribution in [3.8, 4) is 10.4 Å². The molecule has 1 aromatic carbocycles. The van der Waals surface area contributed by atoms with Gasteiger partial charge in [0.25, 0.3) is 0 Å². The third kappa shape index (κ3) is 6.90. The first kappa shape index (κ1) is 30.1. The lowest BCUT2D eigenvalue weighted by atomic mass is 9.84. The van der Waals surface area contributed by atoms with Crippen LogP contribution in [0.2, 0.25) is 0 Å². The number of nitrogens with one attached hydrogen (secondary N) is 2. The monoisotopic (exact) mass is 569 g/mol. The number of aliphatic hydroxyl groups is 1. The van der Waals surface area contributed by atoms with E-state index in [0.717, 1.165) is 47.6 Å². The number of thiazole rings is 1. The molecular weight excluding hydrogens is 526 g/mol. The second-order valence-electron chi connectivity index (χ2n) is 12.4. The van der Waals surface area contributed by atoms with Gasteiger partial charge in [-0.1, -0.05) is 45.0 Å². The summed E-state index contributed by atoms with van der Waals surface area (Å²) in [6.07, 6.45) is 0.864. The van der Waals surface area contributed by atoms with E-state index in [1.807, 2.05) is 71.4 Å². The van der Waals surface area contributed by atoms with Crippen LogP contribution in [0.5, 0.6) is 0 Å². The number of β-amino-alcohol motifs (C(OH)–C–C–N with tert-alkyl or cyclic N) is 1. The first-order chi connectivity index (χ1) is 18.8. The number of rotatable bonds is 7. The van der Waals surface area contributed by atoms with Gasteiger partial charge in [-0.05, 0) is 63.4 Å². The van der Waals surface area contributed by atoms with Gasteiger partial charge in [0.1, 0.15) is 12.1 Å². The molecule has 1 aromatic heterocycles. The van der Waals surface area contributed by atoms with Crippen LogP contribution in [0, 0.1) is 18.3 Å². The van der Waals surface area contributed by atoms with Crippen LogP contribution in [-0.4, -0.2) is 82.5 Å². The molecule has 0 bridgehead atoms. The highest BCUT2D eigenvalue weighted by Gasteiger charge is 2.45. The number of piperidine rings is 1. The zero-order valence-electron chi connectivity index (χ0n) is 24.4. The maximum atomic E-state index is 13.9. The van der Waals surface area contributed by atoms with E-state index in [1.165, 1.54) is 4.90 Å². The fraction of sp³-hybridized carbons (Fsp3) is 0.600. The first-order valence-corrected chi connectivity index (χ1v) is 15.0. The molecule has 2 aromatic rings. The Morgan fingerprint density at radius 1 is 1.07 bits per heavy atom. The van der Waals surface area contributed by atoms with Crippen LogP contribution in [-0.2, 0) is 14.4 Å². The summed E-state index contributed by atoms with van der Waals surface area (Å²) >= 11 is 1.59. The topological polar surface area (TPSA) is 115 Å². The number of likely N-dealkylation sites (tertiary alicyclic amines) is 2. The van der Waals surface area contributed by atoms with Gasteiger partial charge in [0.15, 0.2) is 0 Å². The number of benzene rings is 1. The number of nitrogens with zero attached hydrogens (tertiary/aromatic N) is 3. The van der Waals surface area contributed by atoms with Crippen LogP contribution < -0.4 is 10.6 Å². The number of carbonyl (C=O) groups is 3. The predicted molar refractivity (Wildman–Crippen MR) is 157 cm³/mol. The van der Waals surface area contributed by atoms with Crippen LogP contribution in [0.15, 0.2) is 29.8 Å². The maximum absolute atomic E-state index is 13.9. The van der Waals surface area contributed by atoms with Gasteiger partial charge >= 0.3 is 0 Å². The van der Waals surface area contributed by atoms with Gasteiger partial charge in [0.05, 0.1) is 28.2 Å². The maximum Gasteiger partial charge on any atom is 0.246 e. The molecule has 218 valence electrons. The van der Waals surface area contributed by atoms with Crippen molar-refractivity contribution in [2.24, 2.45) is 11.3 Å². The Kier molecular flexibility index (Phi) is 9.32. The molecule has 10 heteroatoms. The fourth-order valence-electron chi connectivity index (χ4n) is 5.55. The molecule has 2 aliphatic rings. The Hall–Kier alpha value is -2.82. The molecule has 40 heavy (non-hydrogen) atoms. The Balaban J connectivity index is 1.44. The van der Waals surface area contributed by atoms with Crippen LogP contribution in [0.1, 0.15) is 64.3 Å². The SMILES string of the molecule is Cc1ncsc1-c1ccc([C@H](C)NC(=O)[C@@H]2C[C@@H](O)CN2C(=O)[C@@H](NC(=O)C2CCN(C)CC2)C(C)(C)C)cc1. The van der Waals surface area contributed by atoms with Crippen molar-refractivity contribution in [1.82, 2.24) is 25.4 Å². The summed E-state index contributed by atoms with van der Waals surface area (Å²) in [5.74, 6) is -0.895. The molecule has 9 nitrogen and oxygen atoms in total. The number of carbonyl (C=O) groups excluding carboxylic acids is 3. The van der Waals surface area contributed by atoms with Crippen molar-refractivity contribution in [3.05, 3.63) is 41.0 Å². The molecule has 3 N–H and O–H groups in total. The van der Waals surface area contributed by atoms with E-state index in [2.05, 4.69) is 20.5 Å². The van der Waals surface area contributed by atoms with Crippen LogP contribution in [0.3, 0.4) is 0 Å². The number of hydrogen-bond donors (Lipinski definition) is 3. The number of aromatic nitrogens is 1. The van der Waals surface area contributed by atoms with E-state index in [-0.39, 0.29) is 42.6 Å². The minimum atomic E-state index is -0.811. The Morgan fingerprint density at radius 3 is 2.30 bits per heavy atom. The van der Waals surface area contributed by atoms with Gasteiger partial charge in [-0.3, -0.25) is 14.4 Å². The number of aryl methyl sites for hydroxylation is 1. The molecule has 2 aliphatic heterocycles. The Morgan fingerprint density at radius 2 is 1.73 bits per heavy atom. The van der Waals surface area contributed by atoms with Crippen molar-refractivity contribution < 1.29 is 19.5 Å². The molecule has 2 fully saturated rings. The molecule has 3 heterocycles. The highest BCUT2D eigenvalue weighted by molar-refractivity contribution is 7.13. The van der Waals surface area contributed by atoms with E-state index in [0.29, 0.717) is 0 Å². The number of hydrogen-bond acceptors (Lipinski definition) is 7. The van der Waals surface area contributed by atoms with Crippen LogP contribution in [0.4, 0.5) is 0 Å². The van der Waals surface area contributed by atoms with Gasteiger partial charge in [-0.25, -0.2) is 4.98 Å². The molecule has 0 spiro atoms. The highest BCUT2D eigenvalue weighted by Crippen LogP contribution is 2.30. The van der Waals surface area contributed by atoms with Gasteiger partial charge in [0, 0.05) is 18.9 Å². The van der Waals surface area contributed by atoms with Crippen molar-refractivity contribution in [2.75, 3.05) is 26.7 Å².